The third-order valence-corrected chi connectivity index (χ3v) is 3.47. The van der Waals surface area contributed by atoms with Crippen LogP contribution in [0.4, 0.5) is 5.69 Å². The van der Waals surface area contributed by atoms with Gasteiger partial charge in [-0.05, 0) is 31.4 Å². The van der Waals surface area contributed by atoms with Gasteiger partial charge in [0.2, 0.25) is 0 Å². The second kappa shape index (κ2) is 7.46. The van der Waals surface area contributed by atoms with Crippen LogP contribution in [0.1, 0.15) is 32.8 Å². The van der Waals surface area contributed by atoms with Gasteiger partial charge in [0.1, 0.15) is 0 Å². The minimum atomic E-state index is -0.362. The Morgan fingerprint density at radius 3 is 2.63 bits per heavy atom. The molecule has 1 aromatic carbocycles. The summed E-state index contributed by atoms with van der Waals surface area (Å²) in [7, 11) is 0. The zero-order valence-electron chi connectivity index (χ0n) is 11.6. The van der Waals surface area contributed by atoms with Crippen LogP contribution in [0.15, 0.2) is 18.2 Å². The molecule has 0 aliphatic carbocycles. The number of benzene rings is 1. The monoisotopic (exact) mass is 284 g/mol. The first-order valence-corrected chi connectivity index (χ1v) is 6.99. The van der Waals surface area contributed by atoms with Gasteiger partial charge in [-0.1, -0.05) is 38.4 Å². The molecule has 1 N–H and O–H groups in total. The van der Waals surface area contributed by atoms with Crippen LogP contribution in [0.3, 0.4) is 0 Å². The molecule has 0 spiro atoms. The van der Waals surface area contributed by atoms with E-state index in [1.807, 2.05) is 0 Å². The molecule has 1 rings (SSSR count). The molecule has 0 fully saturated rings. The Kier molecular flexibility index (Phi) is 6.25. The zero-order chi connectivity index (χ0) is 14.4. The second-order valence-electron chi connectivity index (χ2n) is 4.98. The molecule has 1 unspecified atom stereocenters. The Morgan fingerprint density at radius 2 is 2.11 bits per heavy atom. The lowest BCUT2D eigenvalue weighted by Crippen LogP contribution is -2.34. The Bertz CT molecular complexity index is 435. The van der Waals surface area contributed by atoms with Crippen molar-refractivity contribution in [1.82, 2.24) is 5.32 Å². The Morgan fingerprint density at radius 1 is 1.42 bits per heavy atom. The Hall–Kier alpha value is -1.13. The van der Waals surface area contributed by atoms with Crippen LogP contribution in [0.25, 0.3) is 0 Å². The number of nitrogens with one attached hydrogen (secondary N) is 1. The van der Waals surface area contributed by atoms with Gasteiger partial charge in [-0.25, -0.2) is 0 Å². The van der Waals surface area contributed by atoms with Crippen molar-refractivity contribution >= 4 is 17.3 Å². The van der Waals surface area contributed by atoms with Gasteiger partial charge in [-0.15, -0.1) is 0 Å². The fourth-order valence-electron chi connectivity index (χ4n) is 2.16. The number of nitrogens with zero attached hydrogens (tertiary/aromatic N) is 1. The van der Waals surface area contributed by atoms with Gasteiger partial charge in [0.05, 0.1) is 4.92 Å². The van der Waals surface area contributed by atoms with Crippen LogP contribution < -0.4 is 5.32 Å². The lowest BCUT2D eigenvalue weighted by molar-refractivity contribution is -0.385. The van der Waals surface area contributed by atoms with Crippen molar-refractivity contribution in [1.29, 1.82) is 0 Å². The normalized spacial score (nSPS) is 12.7. The predicted molar refractivity (Wildman–Crippen MR) is 78.7 cm³/mol. The summed E-state index contributed by atoms with van der Waals surface area (Å²) < 4.78 is 0. The molecule has 0 heterocycles. The number of hydrogen-bond donors (Lipinski definition) is 1. The van der Waals surface area contributed by atoms with E-state index in [4.69, 9.17) is 11.6 Å². The van der Waals surface area contributed by atoms with Crippen LogP contribution in [0.5, 0.6) is 0 Å². The molecule has 0 aliphatic rings. The summed E-state index contributed by atoms with van der Waals surface area (Å²) in [6, 6.07) is 5.26. The number of nitro benzene ring substituents is 1. The van der Waals surface area contributed by atoms with E-state index in [2.05, 4.69) is 26.1 Å². The lowest BCUT2D eigenvalue weighted by atomic mass is 9.96. The first-order valence-electron chi connectivity index (χ1n) is 6.61. The average Bonchev–Trinajstić information content (AvgIpc) is 2.35. The molecule has 0 radical (unpaired) electrons. The Labute approximate surface area is 119 Å². The van der Waals surface area contributed by atoms with Crippen molar-refractivity contribution in [3.05, 3.63) is 38.9 Å². The van der Waals surface area contributed by atoms with Crippen LogP contribution in [-0.4, -0.2) is 17.5 Å². The molecular formula is C14H21ClN2O2. The number of nitro groups is 1. The molecule has 0 amide bonds. The highest BCUT2D eigenvalue weighted by atomic mass is 35.5. The standard InChI is InChI=1S/C14H21ClN2O2/c1-4-16-13(10(2)3)8-6-11-5-7-12(15)9-14(11)17(18)19/h5,7,9-10,13,16H,4,6,8H2,1-3H3. The SMILES string of the molecule is CCNC(CCc1ccc(Cl)cc1[N+](=O)[O-])C(C)C. The number of halogens is 1. The van der Waals surface area contributed by atoms with E-state index in [1.54, 1.807) is 12.1 Å². The van der Waals surface area contributed by atoms with Gasteiger partial charge in [0, 0.05) is 22.7 Å². The summed E-state index contributed by atoms with van der Waals surface area (Å²) in [5.74, 6) is 0.506. The summed E-state index contributed by atoms with van der Waals surface area (Å²) in [6.45, 7) is 7.29. The molecule has 0 bridgehead atoms. The summed E-state index contributed by atoms with van der Waals surface area (Å²) in [6.07, 6.45) is 1.57. The summed E-state index contributed by atoms with van der Waals surface area (Å²) in [4.78, 5) is 10.6. The van der Waals surface area contributed by atoms with Gasteiger partial charge < -0.3 is 5.32 Å². The van der Waals surface area contributed by atoms with Gasteiger partial charge in [0.25, 0.3) is 5.69 Å². The van der Waals surface area contributed by atoms with Gasteiger partial charge in [-0.2, -0.15) is 0 Å². The maximum Gasteiger partial charge on any atom is 0.274 e. The van der Waals surface area contributed by atoms with Crippen LogP contribution in [0, 0.1) is 16.0 Å². The number of aryl methyl sites for hydroxylation is 1. The van der Waals surface area contributed by atoms with E-state index in [-0.39, 0.29) is 10.6 Å². The molecule has 4 nitrogen and oxygen atoms in total. The highest BCUT2D eigenvalue weighted by Gasteiger charge is 2.17. The average molecular weight is 285 g/mol. The molecule has 19 heavy (non-hydrogen) atoms. The third kappa shape index (κ3) is 4.80. The molecule has 0 saturated carbocycles. The van der Waals surface area contributed by atoms with Gasteiger partial charge in [-0.3, -0.25) is 10.1 Å². The van der Waals surface area contributed by atoms with Gasteiger partial charge >= 0.3 is 0 Å². The fraction of sp³-hybridized carbons (Fsp3) is 0.571. The van der Waals surface area contributed by atoms with E-state index in [9.17, 15) is 10.1 Å². The number of rotatable bonds is 7. The summed E-state index contributed by atoms with van der Waals surface area (Å²) in [5.41, 5.74) is 0.865. The third-order valence-electron chi connectivity index (χ3n) is 3.24. The Balaban J connectivity index is 2.79. The zero-order valence-corrected chi connectivity index (χ0v) is 12.4. The largest absolute Gasteiger partial charge is 0.314 e. The first kappa shape index (κ1) is 15.9. The van der Waals surface area contributed by atoms with Crippen LogP contribution in [0.2, 0.25) is 5.02 Å². The van der Waals surface area contributed by atoms with Crippen molar-refractivity contribution in [2.45, 2.75) is 39.7 Å². The quantitative estimate of drug-likeness (QED) is 0.612. The van der Waals surface area contributed by atoms with Crippen molar-refractivity contribution in [2.24, 2.45) is 5.92 Å². The van der Waals surface area contributed by atoms with Crippen molar-refractivity contribution in [3.8, 4) is 0 Å². The van der Waals surface area contributed by atoms with E-state index in [0.717, 1.165) is 18.5 Å². The maximum atomic E-state index is 11.0. The van der Waals surface area contributed by atoms with E-state index >= 15 is 0 Å². The second-order valence-corrected chi connectivity index (χ2v) is 5.41. The van der Waals surface area contributed by atoms with Crippen LogP contribution in [-0.2, 0) is 6.42 Å². The molecular weight excluding hydrogens is 264 g/mol. The first-order chi connectivity index (χ1) is 8.95. The molecule has 1 aromatic rings. The van der Waals surface area contributed by atoms with Crippen molar-refractivity contribution < 1.29 is 4.92 Å². The van der Waals surface area contributed by atoms with Gasteiger partial charge in [0.15, 0.2) is 0 Å². The minimum absolute atomic E-state index is 0.117. The highest BCUT2D eigenvalue weighted by Crippen LogP contribution is 2.25. The molecule has 106 valence electrons. The van der Waals surface area contributed by atoms with Crippen molar-refractivity contribution in [2.75, 3.05) is 6.54 Å². The van der Waals surface area contributed by atoms with Crippen LogP contribution >= 0.6 is 11.6 Å². The summed E-state index contributed by atoms with van der Waals surface area (Å²) >= 11 is 5.81. The highest BCUT2D eigenvalue weighted by molar-refractivity contribution is 6.30. The summed E-state index contributed by atoms with van der Waals surface area (Å²) in [5, 5.41) is 14.8. The molecule has 0 saturated heterocycles. The lowest BCUT2D eigenvalue weighted by Gasteiger charge is -2.21. The molecule has 0 aliphatic heterocycles. The fourth-order valence-corrected chi connectivity index (χ4v) is 2.33. The number of hydrogen-bond acceptors (Lipinski definition) is 3. The van der Waals surface area contributed by atoms with E-state index in [0.29, 0.717) is 23.4 Å². The predicted octanol–water partition coefficient (Wildman–Crippen LogP) is 3.81. The van der Waals surface area contributed by atoms with Crippen molar-refractivity contribution in [3.63, 3.8) is 0 Å². The van der Waals surface area contributed by atoms with E-state index in [1.165, 1.54) is 6.07 Å². The maximum absolute atomic E-state index is 11.0. The molecule has 5 heteroatoms. The van der Waals surface area contributed by atoms with E-state index < -0.39 is 0 Å². The molecule has 1 atom stereocenters. The molecule has 0 aromatic heterocycles. The minimum Gasteiger partial charge on any atom is -0.314 e. The topological polar surface area (TPSA) is 55.2 Å². The smallest absolute Gasteiger partial charge is 0.274 e.